The molecule has 0 fully saturated rings. The quantitative estimate of drug-likeness (QED) is 0.333. The van der Waals surface area contributed by atoms with Gasteiger partial charge in [0.05, 0.1) is 11.4 Å². The molecule has 0 bridgehead atoms. The fourth-order valence-electron chi connectivity index (χ4n) is 0.551. The molecule has 5 nitrogen and oxygen atoms in total. The predicted octanol–water partition coefficient (Wildman–Crippen LogP) is -0.671. The van der Waals surface area contributed by atoms with E-state index >= 15 is 0 Å². The van der Waals surface area contributed by atoms with Crippen molar-refractivity contribution in [2.75, 3.05) is 19.8 Å². The Morgan fingerprint density at radius 2 is 2.25 bits per heavy atom. The van der Waals surface area contributed by atoms with Crippen LogP contribution in [-0.4, -0.2) is 28.6 Å². The Labute approximate surface area is 75.2 Å². The zero-order valence-corrected chi connectivity index (χ0v) is 8.15. The monoisotopic (exact) mass is 195 g/mol. The van der Waals surface area contributed by atoms with Crippen LogP contribution < -0.4 is 11.1 Å². The molecule has 0 aliphatic rings. The minimum atomic E-state index is -2.44. The minimum absolute atomic E-state index is 0.000455. The fourth-order valence-corrected chi connectivity index (χ4v) is 0.731. The molecule has 0 saturated carbocycles. The van der Waals surface area contributed by atoms with Crippen molar-refractivity contribution in [1.29, 1.82) is 0 Å². The lowest BCUT2D eigenvalue weighted by molar-refractivity contribution is 0.244. The molecule has 74 valence electrons. The largest absolute Gasteiger partial charge is 0.750 e. The van der Waals surface area contributed by atoms with E-state index in [9.17, 15) is 8.76 Å². The van der Waals surface area contributed by atoms with Gasteiger partial charge in [-0.15, -0.1) is 0 Å². The molecule has 0 aliphatic carbocycles. The van der Waals surface area contributed by atoms with Crippen molar-refractivity contribution in [3.8, 4) is 0 Å². The number of hydrogen-bond donors (Lipinski definition) is 2. The lowest BCUT2D eigenvalue weighted by Gasteiger charge is -2.22. The normalized spacial score (nSPS) is 14.7. The second-order valence-corrected chi connectivity index (χ2v) is 3.91. The Balaban J connectivity index is 3.37. The number of rotatable bonds is 6. The van der Waals surface area contributed by atoms with E-state index in [1.54, 1.807) is 0 Å². The molecule has 1 atom stereocenters. The summed E-state index contributed by atoms with van der Waals surface area (Å²) in [6.07, 6.45) is 0. The minimum Gasteiger partial charge on any atom is -0.750 e. The number of nitrogens with two attached hydrogens (primary N) is 1. The van der Waals surface area contributed by atoms with E-state index in [1.807, 2.05) is 13.8 Å². The van der Waals surface area contributed by atoms with Gasteiger partial charge in [-0.05, 0) is 12.0 Å². The summed E-state index contributed by atoms with van der Waals surface area (Å²) < 4.78 is 24.1. The fraction of sp³-hybridized carbons (Fsp3) is 1.00. The van der Waals surface area contributed by atoms with E-state index in [0.717, 1.165) is 0 Å². The summed E-state index contributed by atoms with van der Waals surface area (Å²) in [7, 11) is 0. The molecule has 6 heteroatoms. The second kappa shape index (κ2) is 5.60. The smallest absolute Gasteiger partial charge is 0.113 e. The van der Waals surface area contributed by atoms with E-state index in [4.69, 9.17) is 5.73 Å². The van der Waals surface area contributed by atoms with E-state index in [0.29, 0.717) is 13.1 Å². The third-order valence-corrected chi connectivity index (χ3v) is 1.72. The van der Waals surface area contributed by atoms with Crippen molar-refractivity contribution in [3.05, 3.63) is 0 Å². The third kappa shape index (κ3) is 6.68. The molecule has 0 heterocycles. The summed E-state index contributed by atoms with van der Waals surface area (Å²) in [6.45, 7) is 5.13. The van der Waals surface area contributed by atoms with Crippen molar-refractivity contribution in [2.45, 2.75) is 13.8 Å². The first-order valence-corrected chi connectivity index (χ1v) is 4.61. The van der Waals surface area contributed by atoms with E-state index in [2.05, 4.69) is 9.50 Å². The third-order valence-electron chi connectivity index (χ3n) is 1.41. The van der Waals surface area contributed by atoms with Gasteiger partial charge in [-0.25, -0.2) is 4.21 Å². The Hall–Kier alpha value is -0.0100. The molecule has 0 spiro atoms. The molecule has 0 aliphatic heterocycles. The highest BCUT2D eigenvalue weighted by Gasteiger charge is 2.13. The van der Waals surface area contributed by atoms with Gasteiger partial charge >= 0.3 is 0 Å². The molecular weight excluding hydrogens is 180 g/mol. The van der Waals surface area contributed by atoms with Crippen LogP contribution >= 0.6 is 0 Å². The van der Waals surface area contributed by atoms with Gasteiger partial charge in [0.15, 0.2) is 0 Å². The van der Waals surface area contributed by atoms with Crippen LogP contribution in [0, 0.1) is 5.41 Å². The van der Waals surface area contributed by atoms with Gasteiger partial charge in [0.1, 0.15) is 6.73 Å². The highest BCUT2D eigenvalue weighted by molar-refractivity contribution is 7.74. The maximum Gasteiger partial charge on any atom is 0.113 e. The van der Waals surface area contributed by atoms with Gasteiger partial charge in [0.2, 0.25) is 0 Å². The van der Waals surface area contributed by atoms with Crippen LogP contribution in [0.25, 0.3) is 0 Å². The van der Waals surface area contributed by atoms with Gasteiger partial charge in [0.25, 0.3) is 0 Å². The van der Waals surface area contributed by atoms with E-state index < -0.39 is 11.4 Å². The lowest BCUT2D eigenvalue weighted by atomic mass is 9.94. The molecule has 0 amide bonds. The summed E-state index contributed by atoms with van der Waals surface area (Å²) in [5.41, 5.74) is 5.41. The van der Waals surface area contributed by atoms with Crippen LogP contribution in [0.4, 0.5) is 0 Å². The first-order chi connectivity index (χ1) is 5.48. The Morgan fingerprint density at radius 3 is 2.67 bits per heavy atom. The van der Waals surface area contributed by atoms with Crippen molar-refractivity contribution in [3.63, 3.8) is 0 Å². The van der Waals surface area contributed by atoms with Gasteiger partial charge in [-0.3, -0.25) is 9.50 Å². The number of hydrogen-bond acceptors (Lipinski definition) is 5. The van der Waals surface area contributed by atoms with E-state index in [-0.39, 0.29) is 12.1 Å². The summed E-state index contributed by atoms with van der Waals surface area (Å²) >= 11 is -2.44. The van der Waals surface area contributed by atoms with Crippen LogP contribution in [0.1, 0.15) is 13.8 Å². The molecule has 0 aromatic heterocycles. The summed E-state index contributed by atoms with van der Waals surface area (Å²) in [6, 6.07) is 0. The topological polar surface area (TPSA) is 87.4 Å². The SMILES string of the molecule is CC(C)(CN)CNCOS(=O)[O-]. The van der Waals surface area contributed by atoms with Crippen molar-refractivity contribution >= 4 is 11.4 Å². The highest BCUT2D eigenvalue weighted by atomic mass is 32.2. The molecule has 3 N–H and O–H groups in total. The molecule has 0 radical (unpaired) electrons. The molecular formula is C6H15N2O3S-. The summed E-state index contributed by atoms with van der Waals surface area (Å²) in [4.78, 5) is 0. The lowest BCUT2D eigenvalue weighted by Crippen LogP contribution is -2.36. The van der Waals surface area contributed by atoms with Gasteiger partial charge in [0, 0.05) is 6.54 Å². The zero-order chi connectivity index (χ0) is 9.61. The van der Waals surface area contributed by atoms with Gasteiger partial charge in [-0.1, -0.05) is 13.8 Å². The van der Waals surface area contributed by atoms with Gasteiger partial charge < -0.3 is 10.3 Å². The van der Waals surface area contributed by atoms with Crippen molar-refractivity contribution in [2.24, 2.45) is 11.1 Å². The maximum absolute atomic E-state index is 9.91. The molecule has 12 heavy (non-hydrogen) atoms. The molecule has 0 saturated heterocycles. The molecule has 0 aromatic carbocycles. The van der Waals surface area contributed by atoms with Crippen molar-refractivity contribution in [1.82, 2.24) is 5.32 Å². The van der Waals surface area contributed by atoms with Crippen molar-refractivity contribution < 1.29 is 12.9 Å². The summed E-state index contributed by atoms with van der Waals surface area (Å²) in [5.74, 6) is 0. The first-order valence-electron chi connectivity index (χ1n) is 3.61. The van der Waals surface area contributed by atoms with Crippen LogP contribution in [-0.2, 0) is 15.5 Å². The zero-order valence-electron chi connectivity index (χ0n) is 7.33. The highest BCUT2D eigenvalue weighted by Crippen LogP contribution is 2.09. The number of nitrogens with one attached hydrogen (secondary N) is 1. The Morgan fingerprint density at radius 1 is 1.67 bits per heavy atom. The summed E-state index contributed by atoms with van der Waals surface area (Å²) in [5, 5.41) is 2.81. The average molecular weight is 195 g/mol. The Bertz CT molecular complexity index is 152. The Kier molecular flexibility index (Phi) is 5.60. The average Bonchev–Trinajstić information content (AvgIpc) is 1.98. The second-order valence-electron chi connectivity index (χ2n) is 3.26. The molecule has 0 aromatic rings. The standard InChI is InChI=1S/C6H16N2O3S/c1-6(2,3-7)4-8-5-11-12(9)10/h8H,3-5,7H2,1-2H3,(H,9,10)/p-1. The van der Waals surface area contributed by atoms with Crippen LogP contribution in [0.5, 0.6) is 0 Å². The maximum atomic E-state index is 9.91. The van der Waals surface area contributed by atoms with Crippen LogP contribution in [0.2, 0.25) is 0 Å². The van der Waals surface area contributed by atoms with Crippen LogP contribution in [0.3, 0.4) is 0 Å². The first kappa shape index (κ1) is 12.0. The predicted molar refractivity (Wildman–Crippen MR) is 45.7 cm³/mol. The molecule has 1 unspecified atom stereocenters. The van der Waals surface area contributed by atoms with Gasteiger partial charge in [-0.2, -0.15) is 0 Å². The van der Waals surface area contributed by atoms with E-state index in [1.165, 1.54) is 0 Å². The molecule has 0 rings (SSSR count). The van der Waals surface area contributed by atoms with Crippen LogP contribution in [0.15, 0.2) is 0 Å².